The molecule has 1 rings (SSSR count). The van der Waals surface area contributed by atoms with Crippen LogP contribution in [0.5, 0.6) is 0 Å². The van der Waals surface area contributed by atoms with Gasteiger partial charge < -0.3 is 4.74 Å². The molecule has 1 N–H and O–H groups in total. The van der Waals surface area contributed by atoms with Gasteiger partial charge in [0.25, 0.3) is 0 Å². The fourth-order valence-electron chi connectivity index (χ4n) is 0.827. The maximum Gasteiger partial charge on any atom is 0.0627 e. The van der Waals surface area contributed by atoms with Crippen molar-refractivity contribution in [3.05, 3.63) is 0 Å². The first kappa shape index (κ1) is 6.77. The van der Waals surface area contributed by atoms with Gasteiger partial charge in [0, 0.05) is 35.5 Å². The van der Waals surface area contributed by atoms with Crippen LogP contribution < -0.4 is 3.53 Å². The Morgan fingerprint density at radius 2 is 2.50 bits per heavy atom. The molecule has 0 aliphatic carbocycles. The summed E-state index contributed by atoms with van der Waals surface area (Å²) in [6.07, 6.45) is 2.48. The third-order valence-corrected chi connectivity index (χ3v) is 2.20. The van der Waals surface area contributed by atoms with Gasteiger partial charge in [-0.3, -0.25) is 3.53 Å². The van der Waals surface area contributed by atoms with Crippen molar-refractivity contribution in [3.8, 4) is 0 Å². The normalized spacial score (nSPS) is 30.4. The molecular formula is C5H10INO. The molecule has 1 saturated heterocycles. The van der Waals surface area contributed by atoms with E-state index < -0.39 is 0 Å². The number of hydrogen-bond donors (Lipinski definition) is 1. The molecule has 3 heteroatoms. The predicted octanol–water partition coefficient (Wildman–Crippen LogP) is 1.10. The lowest BCUT2D eigenvalue weighted by Crippen LogP contribution is -2.30. The van der Waals surface area contributed by atoms with Crippen LogP contribution in [0.4, 0.5) is 0 Å². The molecule has 0 unspecified atom stereocenters. The Bertz CT molecular complexity index is 63.4. The van der Waals surface area contributed by atoms with Crippen LogP contribution in [0, 0.1) is 0 Å². The van der Waals surface area contributed by atoms with Crippen LogP contribution >= 0.6 is 22.9 Å². The van der Waals surface area contributed by atoms with E-state index in [4.69, 9.17) is 4.74 Å². The molecule has 0 aromatic rings. The molecule has 0 aromatic heterocycles. The van der Waals surface area contributed by atoms with Gasteiger partial charge in [-0.2, -0.15) is 0 Å². The van der Waals surface area contributed by atoms with Crippen LogP contribution in [0.15, 0.2) is 0 Å². The predicted molar refractivity (Wildman–Crippen MR) is 41.0 cm³/mol. The molecule has 1 aliphatic rings. The lowest BCUT2D eigenvalue weighted by Gasteiger charge is -2.19. The first-order valence-corrected chi connectivity index (χ1v) is 3.95. The van der Waals surface area contributed by atoms with Crippen molar-refractivity contribution >= 4 is 22.9 Å². The minimum absolute atomic E-state index is 0.601. The number of ether oxygens (including phenoxy) is 1. The first-order valence-electron chi connectivity index (χ1n) is 2.87. The molecule has 0 spiro atoms. The number of nitrogens with one attached hydrogen (secondary N) is 1. The Morgan fingerprint density at radius 3 is 2.88 bits per heavy atom. The highest BCUT2D eigenvalue weighted by atomic mass is 127. The van der Waals surface area contributed by atoms with E-state index in [1.54, 1.807) is 0 Å². The Kier molecular flexibility index (Phi) is 3.07. The summed E-state index contributed by atoms with van der Waals surface area (Å²) in [5.74, 6) is 0. The van der Waals surface area contributed by atoms with E-state index in [2.05, 4.69) is 26.4 Å². The van der Waals surface area contributed by atoms with Crippen LogP contribution in [0.25, 0.3) is 0 Å². The van der Waals surface area contributed by atoms with Gasteiger partial charge in [0.1, 0.15) is 0 Å². The third kappa shape index (κ3) is 1.87. The van der Waals surface area contributed by atoms with Crippen LogP contribution in [-0.4, -0.2) is 19.3 Å². The Balaban J connectivity index is 2.13. The SMILES string of the molecule is IN[C@H]1CCCOC1. The van der Waals surface area contributed by atoms with E-state index in [1.807, 2.05) is 0 Å². The fourth-order valence-corrected chi connectivity index (χ4v) is 1.32. The van der Waals surface area contributed by atoms with Gasteiger partial charge in [-0.15, -0.1) is 0 Å². The smallest absolute Gasteiger partial charge is 0.0627 e. The van der Waals surface area contributed by atoms with Crippen LogP contribution in [0.2, 0.25) is 0 Å². The van der Waals surface area contributed by atoms with Crippen LogP contribution in [0.3, 0.4) is 0 Å². The van der Waals surface area contributed by atoms with E-state index in [0.29, 0.717) is 6.04 Å². The Morgan fingerprint density at radius 1 is 1.62 bits per heavy atom. The minimum Gasteiger partial charge on any atom is -0.380 e. The van der Waals surface area contributed by atoms with E-state index in [1.165, 1.54) is 12.8 Å². The average Bonchev–Trinajstić information content (AvgIpc) is 1.90. The van der Waals surface area contributed by atoms with Gasteiger partial charge in [0.05, 0.1) is 6.61 Å². The molecule has 0 aromatic carbocycles. The standard InChI is InChI=1S/C5H10INO/c6-7-5-2-1-3-8-4-5/h5,7H,1-4H2/t5-/m0/s1. The Labute approximate surface area is 63.5 Å². The summed E-state index contributed by atoms with van der Waals surface area (Å²) in [7, 11) is 0. The molecule has 8 heavy (non-hydrogen) atoms. The average molecular weight is 227 g/mol. The molecule has 0 saturated carbocycles. The summed E-state index contributed by atoms with van der Waals surface area (Å²) in [6.45, 7) is 1.84. The molecule has 0 radical (unpaired) electrons. The molecule has 1 heterocycles. The largest absolute Gasteiger partial charge is 0.380 e. The highest BCUT2D eigenvalue weighted by Gasteiger charge is 2.10. The lowest BCUT2D eigenvalue weighted by atomic mass is 10.1. The summed E-state index contributed by atoms with van der Waals surface area (Å²) in [6, 6.07) is 0.601. The number of hydrogen-bond acceptors (Lipinski definition) is 2. The third-order valence-electron chi connectivity index (χ3n) is 1.31. The quantitative estimate of drug-likeness (QED) is 0.535. The van der Waals surface area contributed by atoms with Crippen molar-refractivity contribution < 1.29 is 4.74 Å². The zero-order valence-corrected chi connectivity index (χ0v) is 6.85. The molecule has 1 atom stereocenters. The zero-order valence-electron chi connectivity index (χ0n) is 4.69. The minimum atomic E-state index is 0.601. The van der Waals surface area contributed by atoms with Crippen LogP contribution in [-0.2, 0) is 4.74 Å². The lowest BCUT2D eigenvalue weighted by molar-refractivity contribution is 0.0796. The van der Waals surface area contributed by atoms with Gasteiger partial charge in [-0.05, 0) is 12.8 Å². The number of rotatable bonds is 1. The molecule has 0 amide bonds. The highest BCUT2D eigenvalue weighted by Crippen LogP contribution is 2.05. The summed E-state index contributed by atoms with van der Waals surface area (Å²) in [5.41, 5.74) is 0. The van der Waals surface area contributed by atoms with Gasteiger partial charge >= 0.3 is 0 Å². The molecule has 1 fully saturated rings. The molecule has 1 aliphatic heterocycles. The van der Waals surface area contributed by atoms with E-state index in [0.717, 1.165) is 13.2 Å². The summed E-state index contributed by atoms with van der Waals surface area (Å²) in [5, 5.41) is 0. The summed E-state index contributed by atoms with van der Waals surface area (Å²) < 4.78 is 8.35. The van der Waals surface area contributed by atoms with Crippen molar-refractivity contribution in [2.75, 3.05) is 13.2 Å². The van der Waals surface area contributed by atoms with E-state index in [9.17, 15) is 0 Å². The number of halogens is 1. The van der Waals surface area contributed by atoms with Crippen LogP contribution in [0.1, 0.15) is 12.8 Å². The zero-order chi connectivity index (χ0) is 5.82. The topological polar surface area (TPSA) is 21.3 Å². The van der Waals surface area contributed by atoms with E-state index >= 15 is 0 Å². The summed E-state index contributed by atoms with van der Waals surface area (Å²) >= 11 is 2.18. The first-order chi connectivity index (χ1) is 3.93. The summed E-state index contributed by atoms with van der Waals surface area (Å²) in [4.78, 5) is 0. The van der Waals surface area contributed by atoms with E-state index in [-0.39, 0.29) is 0 Å². The maximum atomic E-state index is 5.21. The second-order valence-electron chi connectivity index (χ2n) is 2.02. The molecule has 0 bridgehead atoms. The molecule has 48 valence electrons. The Hall–Kier alpha value is 0.650. The van der Waals surface area contributed by atoms with Crippen molar-refractivity contribution in [3.63, 3.8) is 0 Å². The fraction of sp³-hybridized carbons (Fsp3) is 1.00. The van der Waals surface area contributed by atoms with Gasteiger partial charge in [0.15, 0.2) is 0 Å². The van der Waals surface area contributed by atoms with Gasteiger partial charge in [0.2, 0.25) is 0 Å². The monoisotopic (exact) mass is 227 g/mol. The van der Waals surface area contributed by atoms with Crippen molar-refractivity contribution in [2.45, 2.75) is 18.9 Å². The van der Waals surface area contributed by atoms with Crippen molar-refractivity contribution in [2.24, 2.45) is 0 Å². The van der Waals surface area contributed by atoms with Crippen molar-refractivity contribution in [1.82, 2.24) is 3.53 Å². The molecule has 2 nitrogen and oxygen atoms in total. The second-order valence-corrected chi connectivity index (χ2v) is 2.65. The molecular weight excluding hydrogens is 217 g/mol. The van der Waals surface area contributed by atoms with Crippen molar-refractivity contribution in [1.29, 1.82) is 0 Å². The van der Waals surface area contributed by atoms with Gasteiger partial charge in [-0.25, -0.2) is 0 Å². The van der Waals surface area contributed by atoms with Gasteiger partial charge in [-0.1, -0.05) is 0 Å². The highest BCUT2D eigenvalue weighted by molar-refractivity contribution is 14.1. The maximum absolute atomic E-state index is 5.21. The second kappa shape index (κ2) is 3.63.